The van der Waals surface area contributed by atoms with E-state index in [0.29, 0.717) is 6.42 Å². The van der Waals surface area contributed by atoms with Crippen LogP contribution in [0.25, 0.3) is 0 Å². The standard InChI is InChI=1S/C18H16N2O3/c21-17-15(11-13-7-3-1-4-8-13)19-16(18(22)20(17)23)12-14-9-5-2-6-10-14/h1-10,15,23H,11-12H2. The van der Waals surface area contributed by atoms with Gasteiger partial charge in [-0.05, 0) is 11.1 Å². The molecule has 1 unspecified atom stereocenters. The molecule has 2 amide bonds. The van der Waals surface area contributed by atoms with Gasteiger partial charge in [0.1, 0.15) is 11.8 Å². The minimum absolute atomic E-state index is 0.193. The number of hydroxylamine groups is 2. The fourth-order valence-electron chi connectivity index (χ4n) is 2.54. The van der Waals surface area contributed by atoms with E-state index in [1.54, 1.807) is 0 Å². The minimum atomic E-state index is -0.779. The number of rotatable bonds is 4. The van der Waals surface area contributed by atoms with Crippen LogP contribution in [0.5, 0.6) is 0 Å². The van der Waals surface area contributed by atoms with Crippen molar-refractivity contribution in [3.63, 3.8) is 0 Å². The zero-order valence-electron chi connectivity index (χ0n) is 12.4. The summed E-state index contributed by atoms with van der Waals surface area (Å²) in [5.74, 6) is -1.43. The molecule has 3 rings (SSSR count). The molecule has 1 aliphatic rings. The van der Waals surface area contributed by atoms with Gasteiger partial charge in [0.05, 0.1) is 0 Å². The predicted molar refractivity (Wildman–Crippen MR) is 85.2 cm³/mol. The lowest BCUT2D eigenvalue weighted by Crippen LogP contribution is -2.49. The Kier molecular flexibility index (Phi) is 4.30. The average Bonchev–Trinajstić information content (AvgIpc) is 2.59. The molecular formula is C18H16N2O3. The quantitative estimate of drug-likeness (QED) is 0.694. The molecule has 2 aromatic carbocycles. The Labute approximate surface area is 133 Å². The van der Waals surface area contributed by atoms with Crippen LogP contribution in [0.1, 0.15) is 11.1 Å². The molecule has 1 atom stereocenters. The van der Waals surface area contributed by atoms with Crippen molar-refractivity contribution in [1.82, 2.24) is 5.06 Å². The van der Waals surface area contributed by atoms with Crippen LogP contribution in [0, 0.1) is 0 Å². The predicted octanol–water partition coefficient (Wildman–Crippen LogP) is 2.04. The fraction of sp³-hybridized carbons (Fsp3) is 0.167. The lowest BCUT2D eigenvalue weighted by Gasteiger charge is -2.24. The molecule has 5 nitrogen and oxygen atoms in total. The maximum Gasteiger partial charge on any atom is 0.298 e. The maximum atomic E-state index is 12.1. The van der Waals surface area contributed by atoms with E-state index in [9.17, 15) is 14.8 Å². The third-order valence-corrected chi connectivity index (χ3v) is 3.73. The molecule has 0 aliphatic carbocycles. The van der Waals surface area contributed by atoms with E-state index in [1.807, 2.05) is 60.7 Å². The Morgan fingerprint density at radius 3 is 2.09 bits per heavy atom. The first-order chi connectivity index (χ1) is 11.1. The van der Waals surface area contributed by atoms with Gasteiger partial charge in [0.2, 0.25) is 0 Å². The Balaban J connectivity index is 1.86. The second-order valence-electron chi connectivity index (χ2n) is 5.40. The van der Waals surface area contributed by atoms with E-state index in [4.69, 9.17) is 0 Å². The summed E-state index contributed by atoms with van der Waals surface area (Å²) in [5.41, 5.74) is 2.02. The van der Waals surface area contributed by atoms with Crippen LogP contribution in [-0.2, 0) is 22.4 Å². The molecule has 0 fully saturated rings. The highest BCUT2D eigenvalue weighted by Gasteiger charge is 2.35. The molecule has 5 heteroatoms. The van der Waals surface area contributed by atoms with Crippen LogP contribution in [0.2, 0.25) is 0 Å². The van der Waals surface area contributed by atoms with Gasteiger partial charge in [-0.1, -0.05) is 60.7 Å². The zero-order valence-corrected chi connectivity index (χ0v) is 12.4. The number of hydrogen-bond donors (Lipinski definition) is 1. The van der Waals surface area contributed by atoms with Gasteiger partial charge in [0.25, 0.3) is 11.8 Å². The number of hydrogen-bond acceptors (Lipinski definition) is 4. The first-order valence-corrected chi connectivity index (χ1v) is 7.37. The second kappa shape index (κ2) is 6.54. The van der Waals surface area contributed by atoms with Gasteiger partial charge < -0.3 is 0 Å². The van der Waals surface area contributed by atoms with Crippen LogP contribution in [0.3, 0.4) is 0 Å². The first-order valence-electron chi connectivity index (χ1n) is 7.37. The van der Waals surface area contributed by atoms with Crippen LogP contribution in [0.15, 0.2) is 65.7 Å². The SMILES string of the molecule is O=C1C(Cc2ccccc2)=NC(Cc2ccccc2)C(=O)N1O. The molecule has 0 bridgehead atoms. The smallest absolute Gasteiger partial charge is 0.278 e. The summed E-state index contributed by atoms with van der Waals surface area (Å²) in [7, 11) is 0. The summed E-state index contributed by atoms with van der Waals surface area (Å²) in [6.07, 6.45) is 0.637. The van der Waals surface area contributed by atoms with E-state index in [1.165, 1.54) is 0 Å². The summed E-state index contributed by atoms with van der Waals surface area (Å²) in [5, 5.41) is 9.99. The van der Waals surface area contributed by atoms with Gasteiger partial charge in [0, 0.05) is 12.8 Å². The molecule has 0 saturated heterocycles. The Hall–Kier alpha value is -2.79. The number of carbonyl (C=O) groups is 2. The molecule has 0 saturated carbocycles. The molecule has 116 valence electrons. The number of carbonyl (C=O) groups excluding carboxylic acids is 2. The van der Waals surface area contributed by atoms with E-state index in [2.05, 4.69) is 4.99 Å². The number of amides is 2. The molecular weight excluding hydrogens is 292 g/mol. The maximum absolute atomic E-state index is 12.1. The highest BCUT2D eigenvalue weighted by Crippen LogP contribution is 2.15. The van der Waals surface area contributed by atoms with Gasteiger partial charge in [-0.15, -0.1) is 5.06 Å². The van der Waals surface area contributed by atoms with Crippen molar-refractivity contribution in [2.75, 3.05) is 0 Å². The van der Waals surface area contributed by atoms with E-state index >= 15 is 0 Å². The number of aliphatic imine (C=N–C) groups is 1. The summed E-state index contributed by atoms with van der Waals surface area (Å²) < 4.78 is 0. The number of benzene rings is 2. The van der Waals surface area contributed by atoms with Crippen LogP contribution in [-0.4, -0.2) is 33.8 Å². The third kappa shape index (κ3) is 3.35. The average molecular weight is 308 g/mol. The Bertz CT molecular complexity index is 741. The van der Waals surface area contributed by atoms with E-state index in [-0.39, 0.29) is 17.2 Å². The van der Waals surface area contributed by atoms with Crippen LogP contribution in [0.4, 0.5) is 0 Å². The fourth-order valence-corrected chi connectivity index (χ4v) is 2.54. The second-order valence-corrected chi connectivity index (χ2v) is 5.40. The van der Waals surface area contributed by atoms with Crippen LogP contribution >= 0.6 is 0 Å². The lowest BCUT2D eigenvalue weighted by molar-refractivity contribution is -0.176. The first kappa shape index (κ1) is 15.1. The summed E-state index contributed by atoms with van der Waals surface area (Å²) in [6.45, 7) is 0. The van der Waals surface area contributed by atoms with E-state index in [0.717, 1.165) is 11.1 Å². The molecule has 0 aromatic heterocycles. The molecule has 23 heavy (non-hydrogen) atoms. The third-order valence-electron chi connectivity index (χ3n) is 3.73. The van der Waals surface area contributed by atoms with E-state index < -0.39 is 17.9 Å². The van der Waals surface area contributed by atoms with Crippen molar-refractivity contribution in [3.05, 3.63) is 71.8 Å². The van der Waals surface area contributed by atoms with Gasteiger partial charge >= 0.3 is 0 Å². The molecule has 1 heterocycles. The van der Waals surface area contributed by atoms with Gasteiger partial charge in [0.15, 0.2) is 0 Å². The minimum Gasteiger partial charge on any atom is -0.278 e. The van der Waals surface area contributed by atoms with Gasteiger partial charge in [-0.3, -0.25) is 19.8 Å². The Morgan fingerprint density at radius 1 is 0.913 bits per heavy atom. The van der Waals surface area contributed by atoms with Crippen molar-refractivity contribution < 1.29 is 14.8 Å². The van der Waals surface area contributed by atoms with Crippen molar-refractivity contribution in [2.45, 2.75) is 18.9 Å². The zero-order chi connectivity index (χ0) is 16.2. The highest BCUT2D eigenvalue weighted by atomic mass is 16.5. The van der Waals surface area contributed by atoms with Crippen molar-refractivity contribution in [1.29, 1.82) is 0 Å². The van der Waals surface area contributed by atoms with Crippen LogP contribution < -0.4 is 0 Å². The Morgan fingerprint density at radius 2 is 1.48 bits per heavy atom. The molecule has 0 radical (unpaired) electrons. The molecule has 1 aliphatic heterocycles. The monoisotopic (exact) mass is 308 g/mol. The number of imide groups is 1. The topological polar surface area (TPSA) is 70.0 Å². The van der Waals surface area contributed by atoms with Crippen molar-refractivity contribution in [3.8, 4) is 0 Å². The summed E-state index contributed by atoms with van der Waals surface area (Å²) >= 11 is 0. The highest BCUT2D eigenvalue weighted by molar-refractivity contribution is 6.42. The van der Waals surface area contributed by atoms with Crippen molar-refractivity contribution in [2.24, 2.45) is 4.99 Å². The summed E-state index contributed by atoms with van der Waals surface area (Å²) in [6, 6.07) is 18.0. The summed E-state index contributed by atoms with van der Waals surface area (Å²) in [4.78, 5) is 28.4. The molecule has 1 N–H and O–H groups in total. The normalized spacial score (nSPS) is 18.0. The lowest BCUT2D eigenvalue weighted by atomic mass is 10.0. The number of nitrogens with zero attached hydrogens (tertiary/aromatic N) is 2. The largest absolute Gasteiger partial charge is 0.298 e. The molecule has 2 aromatic rings. The van der Waals surface area contributed by atoms with Gasteiger partial charge in [-0.2, -0.15) is 0 Å². The molecule has 0 spiro atoms. The van der Waals surface area contributed by atoms with Crippen molar-refractivity contribution >= 4 is 17.5 Å². The van der Waals surface area contributed by atoms with Gasteiger partial charge in [-0.25, -0.2) is 0 Å².